The quantitative estimate of drug-likeness (QED) is 0.599. The topological polar surface area (TPSA) is 81.1 Å². The maximum atomic E-state index is 13.3. The molecule has 1 atom stereocenters. The molecule has 1 aromatic heterocycles. The van der Waals surface area contributed by atoms with Crippen molar-refractivity contribution in [2.45, 2.75) is 19.9 Å². The van der Waals surface area contributed by atoms with E-state index in [0.29, 0.717) is 29.6 Å². The maximum absolute atomic E-state index is 13.3. The first-order valence-corrected chi connectivity index (χ1v) is 10.0. The van der Waals surface area contributed by atoms with Crippen molar-refractivity contribution in [3.05, 3.63) is 76.2 Å². The number of hydrogen-bond donors (Lipinski definition) is 2. The Morgan fingerprint density at radius 3 is 2.83 bits per heavy atom. The minimum atomic E-state index is -0.489. The molecule has 1 aliphatic rings. The molecule has 0 radical (unpaired) electrons. The van der Waals surface area contributed by atoms with Gasteiger partial charge in [-0.05, 0) is 44.2 Å². The van der Waals surface area contributed by atoms with Crippen molar-refractivity contribution in [3.8, 4) is 5.75 Å². The SMILES string of the molecule is CCOc1ccc(Br)cc1C1C(C(=O)Nc2ccccc2)=C(C)Nc2ncnn21. The molecule has 0 spiro atoms. The van der Waals surface area contributed by atoms with E-state index in [1.807, 2.05) is 62.4 Å². The van der Waals surface area contributed by atoms with Crippen LogP contribution in [-0.4, -0.2) is 27.3 Å². The number of nitrogens with zero attached hydrogens (tertiary/aromatic N) is 3. The summed E-state index contributed by atoms with van der Waals surface area (Å²) in [6.45, 7) is 4.31. The van der Waals surface area contributed by atoms with Gasteiger partial charge in [-0.2, -0.15) is 10.1 Å². The number of aromatic nitrogens is 3. The molecule has 7 nitrogen and oxygen atoms in total. The largest absolute Gasteiger partial charge is 0.494 e. The maximum Gasteiger partial charge on any atom is 0.255 e. The van der Waals surface area contributed by atoms with Crippen molar-refractivity contribution in [1.29, 1.82) is 0 Å². The summed E-state index contributed by atoms with van der Waals surface area (Å²) in [5, 5.41) is 10.5. The van der Waals surface area contributed by atoms with Crippen LogP contribution in [0.4, 0.5) is 11.6 Å². The predicted octanol–water partition coefficient (Wildman–Crippen LogP) is 4.37. The van der Waals surface area contributed by atoms with Gasteiger partial charge in [0.1, 0.15) is 18.1 Å². The molecule has 0 aliphatic carbocycles. The van der Waals surface area contributed by atoms with Gasteiger partial charge in [-0.3, -0.25) is 4.79 Å². The molecule has 8 heteroatoms. The normalized spacial score (nSPS) is 15.5. The molecule has 2 aromatic carbocycles. The lowest BCUT2D eigenvalue weighted by atomic mass is 9.94. The van der Waals surface area contributed by atoms with Crippen molar-refractivity contribution in [3.63, 3.8) is 0 Å². The third kappa shape index (κ3) is 3.75. The highest BCUT2D eigenvalue weighted by Crippen LogP contribution is 2.40. The first-order valence-electron chi connectivity index (χ1n) is 9.24. The number of carbonyl (C=O) groups excluding carboxylic acids is 1. The van der Waals surface area contributed by atoms with Crippen LogP contribution in [-0.2, 0) is 4.79 Å². The summed E-state index contributed by atoms with van der Waals surface area (Å²) in [6.07, 6.45) is 1.47. The number of allylic oxidation sites excluding steroid dienone is 1. The number of anilines is 2. The number of para-hydroxylation sites is 1. The van der Waals surface area contributed by atoms with Gasteiger partial charge < -0.3 is 15.4 Å². The van der Waals surface area contributed by atoms with E-state index in [4.69, 9.17) is 4.74 Å². The molecule has 4 rings (SSSR count). The summed E-state index contributed by atoms with van der Waals surface area (Å²) in [5.41, 5.74) is 2.81. The second-order valence-corrected chi connectivity index (χ2v) is 7.45. The van der Waals surface area contributed by atoms with Crippen molar-refractivity contribution >= 4 is 33.5 Å². The Kier molecular flexibility index (Phi) is 5.35. The van der Waals surface area contributed by atoms with Gasteiger partial charge in [0, 0.05) is 21.4 Å². The standard InChI is InChI=1S/C21H20BrN5O2/c1-3-29-17-10-9-14(22)11-16(17)19-18(13(2)25-21-23-12-24-27(19)21)20(28)26-15-7-5-4-6-8-15/h4-12,19H,3H2,1-2H3,(H,26,28)(H,23,24,25). The van der Waals surface area contributed by atoms with Crippen LogP contribution in [0.5, 0.6) is 5.75 Å². The third-order valence-electron chi connectivity index (χ3n) is 4.64. The van der Waals surface area contributed by atoms with Crippen molar-refractivity contribution in [1.82, 2.24) is 14.8 Å². The van der Waals surface area contributed by atoms with Gasteiger partial charge in [-0.1, -0.05) is 34.1 Å². The highest BCUT2D eigenvalue weighted by molar-refractivity contribution is 9.10. The minimum absolute atomic E-state index is 0.213. The monoisotopic (exact) mass is 453 g/mol. The number of nitrogens with one attached hydrogen (secondary N) is 2. The Morgan fingerprint density at radius 2 is 2.07 bits per heavy atom. The fraction of sp³-hybridized carbons (Fsp3) is 0.190. The van der Waals surface area contributed by atoms with Crippen LogP contribution in [0.15, 0.2) is 70.6 Å². The van der Waals surface area contributed by atoms with Gasteiger partial charge in [0.15, 0.2) is 0 Å². The molecule has 1 aliphatic heterocycles. The molecule has 3 aromatic rings. The number of carbonyl (C=O) groups is 1. The van der Waals surface area contributed by atoms with Crippen LogP contribution < -0.4 is 15.4 Å². The van der Waals surface area contributed by atoms with Gasteiger partial charge in [0.05, 0.1) is 12.2 Å². The zero-order valence-corrected chi connectivity index (χ0v) is 17.6. The van der Waals surface area contributed by atoms with Crippen LogP contribution >= 0.6 is 15.9 Å². The molecule has 0 saturated heterocycles. The van der Waals surface area contributed by atoms with Crippen LogP contribution in [0.2, 0.25) is 0 Å². The summed E-state index contributed by atoms with van der Waals surface area (Å²) in [7, 11) is 0. The molecule has 2 heterocycles. The van der Waals surface area contributed by atoms with Gasteiger partial charge in [-0.25, -0.2) is 4.68 Å². The number of fused-ring (bicyclic) bond motifs is 1. The summed E-state index contributed by atoms with van der Waals surface area (Å²) >= 11 is 3.54. The number of hydrogen-bond acceptors (Lipinski definition) is 5. The molecule has 148 valence electrons. The summed E-state index contributed by atoms with van der Waals surface area (Å²) in [6, 6.07) is 14.6. The lowest BCUT2D eigenvalue weighted by Gasteiger charge is -2.29. The van der Waals surface area contributed by atoms with Gasteiger partial charge in [0.2, 0.25) is 5.95 Å². The molecule has 1 amide bonds. The van der Waals surface area contributed by atoms with E-state index in [1.54, 1.807) is 4.68 Å². The number of halogens is 1. The Labute approximate surface area is 176 Å². The van der Waals surface area contributed by atoms with E-state index in [2.05, 4.69) is 36.6 Å². The number of benzene rings is 2. The second-order valence-electron chi connectivity index (χ2n) is 6.53. The fourth-order valence-electron chi connectivity index (χ4n) is 3.41. The highest BCUT2D eigenvalue weighted by atomic mass is 79.9. The zero-order valence-electron chi connectivity index (χ0n) is 16.0. The Bertz CT molecular complexity index is 1080. The molecular weight excluding hydrogens is 434 g/mol. The van der Waals surface area contributed by atoms with Crippen LogP contribution in [0, 0.1) is 0 Å². The van der Waals surface area contributed by atoms with Crippen LogP contribution in [0.1, 0.15) is 25.5 Å². The van der Waals surface area contributed by atoms with Crippen molar-refractivity contribution in [2.24, 2.45) is 0 Å². The van der Waals surface area contributed by atoms with Crippen molar-refractivity contribution < 1.29 is 9.53 Å². The van der Waals surface area contributed by atoms with Crippen molar-refractivity contribution in [2.75, 3.05) is 17.2 Å². The molecule has 29 heavy (non-hydrogen) atoms. The molecule has 0 fully saturated rings. The summed E-state index contributed by atoms with van der Waals surface area (Å²) in [5.74, 6) is 1.06. The number of ether oxygens (including phenoxy) is 1. The summed E-state index contributed by atoms with van der Waals surface area (Å²) < 4.78 is 8.45. The average Bonchev–Trinajstić information content (AvgIpc) is 3.17. The molecule has 1 unspecified atom stereocenters. The van der Waals surface area contributed by atoms with Crippen LogP contribution in [0.25, 0.3) is 0 Å². The molecule has 0 bridgehead atoms. The molecular formula is C21H20BrN5O2. The Balaban J connectivity index is 1.83. The lowest BCUT2D eigenvalue weighted by Crippen LogP contribution is -2.31. The Hall–Kier alpha value is -3.13. The summed E-state index contributed by atoms with van der Waals surface area (Å²) in [4.78, 5) is 17.6. The number of amides is 1. The van der Waals surface area contributed by atoms with E-state index in [0.717, 1.165) is 15.7 Å². The van der Waals surface area contributed by atoms with E-state index in [9.17, 15) is 4.79 Å². The first kappa shape index (κ1) is 19.2. The number of rotatable bonds is 5. The van der Waals surface area contributed by atoms with E-state index in [-0.39, 0.29) is 5.91 Å². The fourth-order valence-corrected chi connectivity index (χ4v) is 3.79. The lowest BCUT2D eigenvalue weighted by molar-refractivity contribution is -0.113. The Morgan fingerprint density at radius 1 is 1.28 bits per heavy atom. The van der Waals surface area contributed by atoms with Gasteiger partial charge in [0.25, 0.3) is 5.91 Å². The van der Waals surface area contributed by atoms with E-state index < -0.39 is 6.04 Å². The molecule has 2 N–H and O–H groups in total. The first-order chi connectivity index (χ1) is 14.1. The highest BCUT2D eigenvalue weighted by Gasteiger charge is 2.35. The average molecular weight is 454 g/mol. The van der Waals surface area contributed by atoms with Crippen LogP contribution in [0.3, 0.4) is 0 Å². The predicted molar refractivity (Wildman–Crippen MR) is 115 cm³/mol. The van der Waals surface area contributed by atoms with Gasteiger partial charge >= 0.3 is 0 Å². The molecule has 0 saturated carbocycles. The minimum Gasteiger partial charge on any atom is -0.494 e. The second kappa shape index (κ2) is 8.08. The van der Waals surface area contributed by atoms with E-state index >= 15 is 0 Å². The zero-order chi connectivity index (χ0) is 20.4. The smallest absolute Gasteiger partial charge is 0.255 e. The van der Waals surface area contributed by atoms with Gasteiger partial charge in [-0.15, -0.1) is 0 Å². The van der Waals surface area contributed by atoms with E-state index in [1.165, 1.54) is 6.33 Å². The third-order valence-corrected chi connectivity index (χ3v) is 5.13.